The molecule has 3 N–H and O–H groups in total. The van der Waals surface area contributed by atoms with E-state index in [-0.39, 0.29) is 18.3 Å². The Hall–Kier alpha value is -2.05. The number of methoxy groups -OCH3 is 1. The van der Waals surface area contributed by atoms with E-state index in [0.717, 1.165) is 30.0 Å². The molecule has 0 fully saturated rings. The van der Waals surface area contributed by atoms with Gasteiger partial charge in [0.1, 0.15) is 5.75 Å². The van der Waals surface area contributed by atoms with E-state index >= 15 is 0 Å². The van der Waals surface area contributed by atoms with Crippen LogP contribution in [0.2, 0.25) is 0 Å². The maximum absolute atomic E-state index is 12.4. The SMILES string of the molecule is CCC(CC)(CN)C(=O)NCc1ccn(-c2ccc(OC)cc2)n1.Cl. The Morgan fingerprint density at radius 2 is 1.88 bits per heavy atom. The van der Waals surface area contributed by atoms with Crippen molar-refractivity contribution in [3.63, 3.8) is 0 Å². The van der Waals surface area contributed by atoms with Crippen LogP contribution in [0.5, 0.6) is 5.75 Å². The molecule has 0 aliphatic heterocycles. The van der Waals surface area contributed by atoms with Gasteiger partial charge in [0, 0.05) is 12.7 Å². The van der Waals surface area contributed by atoms with Crippen LogP contribution in [0.25, 0.3) is 5.69 Å². The van der Waals surface area contributed by atoms with Gasteiger partial charge in [0.05, 0.1) is 30.5 Å². The third kappa shape index (κ3) is 4.74. The van der Waals surface area contributed by atoms with Crippen LogP contribution in [0.4, 0.5) is 0 Å². The Morgan fingerprint density at radius 3 is 2.40 bits per heavy atom. The van der Waals surface area contributed by atoms with Gasteiger partial charge in [-0.1, -0.05) is 13.8 Å². The number of rotatable bonds is 8. The van der Waals surface area contributed by atoms with Gasteiger partial charge in [-0.2, -0.15) is 5.10 Å². The summed E-state index contributed by atoms with van der Waals surface area (Å²) in [5, 5.41) is 7.46. The standard InChI is InChI=1S/C18H26N4O2.ClH/c1-4-18(5-2,13-19)17(23)20-12-14-10-11-22(21-14)15-6-8-16(24-3)9-7-15;/h6-11H,4-5,12-13,19H2,1-3H3,(H,20,23);1H. The Kier molecular flexibility index (Phi) is 7.93. The number of amides is 1. The van der Waals surface area contributed by atoms with Crippen molar-refractivity contribution in [2.24, 2.45) is 11.1 Å². The average Bonchev–Trinajstić information content (AvgIpc) is 3.11. The van der Waals surface area contributed by atoms with E-state index in [4.69, 9.17) is 10.5 Å². The lowest BCUT2D eigenvalue weighted by Gasteiger charge is -2.28. The maximum Gasteiger partial charge on any atom is 0.227 e. The Balaban J connectivity index is 0.00000312. The zero-order chi connectivity index (χ0) is 17.6. The summed E-state index contributed by atoms with van der Waals surface area (Å²) in [5.74, 6) is 0.796. The van der Waals surface area contributed by atoms with E-state index in [0.29, 0.717) is 13.1 Å². The van der Waals surface area contributed by atoms with E-state index in [1.807, 2.05) is 50.4 Å². The number of nitrogens with one attached hydrogen (secondary N) is 1. The molecule has 0 saturated heterocycles. The van der Waals surface area contributed by atoms with Crippen molar-refractivity contribution in [1.29, 1.82) is 0 Å². The molecule has 0 atom stereocenters. The summed E-state index contributed by atoms with van der Waals surface area (Å²) in [5.41, 5.74) is 7.06. The fraction of sp³-hybridized carbons (Fsp3) is 0.444. The first-order valence-corrected chi connectivity index (χ1v) is 8.26. The number of nitrogens with zero attached hydrogens (tertiary/aromatic N) is 2. The van der Waals surface area contributed by atoms with Crippen LogP contribution in [0.1, 0.15) is 32.4 Å². The minimum atomic E-state index is -0.488. The lowest BCUT2D eigenvalue weighted by atomic mass is 9.81. The molecule has 2 aromatic rings. The van der Waals surface area contributed by atoms with E-state index in [1.54, 1.807) is 11.8 Å². The quantitative estimate of drug-likeness (QED) is 0.752. The minimum absolute atomic E-state index is 0. The van der Waals surface area contributed by atoms with Crippen molar-refractivity contribution >= 4 is 18.3 Å². The lowest BCUT2D eigenvalue weighted by Crippen LogP contribution is -2.45. The van der Waals surface area contributed by atoms with E-state index in [9.17, 15) is 4.79 Å². The highest BCUT2D eigenvalue weighted by Crippen LogP contribution is 2.25. The van der Waals surface area contributed by atoms with Gasteiger partial charge in [0.25, 0.3) is 0 Å². The first kappa shape index (κ1) is 21.0. The average molecular weight is 367 g/mol. The zero-order valence-electron chi connectivity index (χ0n) is 15.0. The number of hydrogen-bond donors (Lipinski definition) is 2. The van der Waals surface area contributed by atoms with Crippen LogP contribution in [0, 0.1) is 5.41 Å². The number of carbonyl (C=O) groups is 1. The van der Waals surface area contributed by atoms with Gasteiger partial charge in [0.15, 0.2) is 0 Å². The van der Waals surface area contributed by atoms with E-state index in [1.165, 1.54) is 0 Å². The van der Waals surface area contributed by atoms with E-state index in [2.05, 4.69) is 10.4 Å². The molecule has 25 heavy (non-hydrogen) atoms. The first-order valence-electron chi connectivity index (χ1n) is 8.26. The molecule has 0 radical (unpaired) electrons. The number of aromatic nitrogens is 2. The van der Waals surface area contributed by atoms with Crippen molar-refractivity contribution in [3.8, 4) is 11.4 Å². The second kappa shape index (κ2) is 9.44. The van der Waals surface area contributed by atoms with Gasteiger partial charge in [0.2, 0.25) is 5.91 Å². The van der Waals surface area contributed by atoms with Crippen LogP contribution < -0.4 is 15.8 Å². The van der Waals surface area contributed by atoms with Gasteiger partial charge >= 0.3 is 0 Å². The molecule has 1 aromatic carbocycles. The molecule has 1 aromatic heterocycles. The van der Waals surface area contributed by atoms with Gasteiger partial charge in [-0.3, -0.25) is 4.79 Å². The summed E-state index contributed by atoms with van der Waals surface area (Å²) in [6.45, 7) is 4.73. The fourth-order valence-corrected chi connectivity index (χ4v) is 2.65. The van der Waals surface area contributed by atoms with Crippen LogP contribution in [-0.2, 0) is 11.3 Å². The van der Waals surface area contributed by atoms with Crippen LogP contribution in [-0.4, -0.2) is 29.3 Å². The molecule has 2 rings (SSSR count). The molecule has 0 aliphatic rings. The predicted octanol–water partition coefficient (Wildman–Crippen LogP) is 2.68. The number of nitrogens with two attached hydrogens (primary N) is 1. The molecular weight excluding hydrogens is 340 g/mol. The number of ether oxygens (including phenoxy) is 1. The highest BCUT2D eigenvalue weighted by Gasteiger charge is 2.33. The van der Waals surface area contributed by atoms with Gasteiger partial charge in [-0.05, 0) is 43.2 Å². The van der Waals surface area contributed by atoms with Crippen LogP contribution >= 0.6 is 12.4 Å². The molecule has 1 amide bonds. The molecule has 0 spiro atoms. The molecule has 0 bridgehead atoms. The normalized spacial score (nSPS) is 10.9. The molecular formula is C18H27ClN4O2. The van der Waals surface area contributed by atoms with Crippen molar-refractivity contribution in [1.82, 2.24) is 15.1 Å². The summed E-state index contributed by atoms with van der Waals surface area (Å²) in [6, 6.07) is 9.53. The summed E-state index contributed by atoms with van der Waals surface area (Å²) in [7, 11) is 1.64. The van der Waals surface area contributed by atoms with Crippen molar-refractivity contribution in [3.05, 3.63) is 42.2 Å². The van der Waals surface area contributed by atoms with Crippen molar-refractivity contribution in [2.45, 2.75) is 33.2 Å². The number of hydrogen-bond acceptors (Lipinski definition) is 4. The topological polar surface area (TPSA) is 82.2 Å². The second-order valence-corrected chi connectivity index (χ2v) is 5.82. The summed E-state index contributed by atoms with van der Waals surface area (Å²) in [6.07, 6.45) is 3.33. The third-order valence-electron chi connectivity index (χ3n) is 4.64. The van der Waals surface area contributed by atoms with Gasteiger partial charge in [-0.15, -0.1) is 12.4 Å². The maximum atomic E-state index is 12.4. The largest absolute Gasteiger partial charge is 0.497 e. The molecule has 138 valence electrons. The lowest BCUT2D eigenvalue weighted by molar-refractivity contribution is -0.131. The Bertz CT molecular complexity index is 658. The monoisotopic (exact) mass is 366 g/mol. The highest BCUT2D eigenvalue weighted by molar-refractivity contribution is 5.85. The molecule has 7 heteroatoms. The third-order valence-corrected chi connectivity index (χ3v) is 4.64. The van der Waals surface area contributed by atoms with Crippen LogP contribution in [0.15, 0.2) is 36.5 Å². The van der Waals surface area contributed by atoms with Crippen molar-refractivity contribution in [2.75, 3.05) is 13.7 Å². The molecule has 1 heterocycles. The fourth-order valence-electron chi connectivity index (χ4n) is 2.65. The molecule has 0 saturated carbocycles. The Labute approximate surface area is 155 Å². The van der Waals surface area contributed by atoms with Crippen molar-refractivity contribution < 1.29 is 9.53 Å². The van der Waals surface area contributed by atoms with Gasteiger partial charge < -0.3 is 15.8 Å². The predicted molar refractivity (Wildman–Crippen MR) is 101 cm³/mol. The summed E-state index contributed by atoms with van der Waals surface area (Å²) in [4.78, 5) is 12.4. The molecule has 0 unspecified atom stereocenters. The number of carbonyl (C=O) groups excluding carboxylic acids is 1. The zero-order valence-corrected chi connectivity index (χ0v) is 15.8. The summed E-state index contributed by atoms with van der Waals surface area (Å²) < 4.78 is 6.93. The smallest absolute Gasteiger partial charge is 0.227 e. The first-order chi connectivity index (χ1) is 11.6. The second-order valence-electron chi connectivity index (χ2n) is 5.82. The number of halogens is 1. The van der Waals surface area contributed by atoms with Gasteiger partial charge in [-0.25, -0.2) is 4.68 Å². The molecule has 0 aliphatic carbocycles. The molecule has 6 nitrogen and oxygen atoms in total. The Morgan fingerprint density at radius 1 is 1.24 bits per heavy atom. The minimum Gasteiger partial charge on any atom is -0.497 e. The van der Waals surface area contributed by atoms with E-state index < -0.39 is 5.41 Å². The van der Waals surface area contributed by atoms with Crippen LogP contribution in [0.3, 0.4) is 0 Å². The summed E-state index contributed by atoms with van der Waals surface area (Å²) >= 11 is 0. The number of benzene rings is 1. The highest BCUT2D eigenvalue weighted by atomic mass is 35.5.